The van der Waals surface area contributed by atoms with Gasteiger partial charge in [0.05, 0.1) is 24.6 Å². The van der Waals surface area contributed by atoms with Crippen LogP contribution in [0.1, 0.15) is 25.0 Å². The van der Waals surface area contributed by atoms with Crippen LogP contribution in [0.3, 0.4) is 0 Å². The molecule has 0 saturated carbocycles. The summed E-state index contributed by atoms with van der Waals surface area (Å²) < 4.78 is 7.17. The molecule has 0 fully saturated rings. The highest BCUT2D eigenvalue weighted by Gasteiger charge is 2.42. The van der Waals surface area contributed by atoms with E-state index in [2.05, 4.69) is 20.4 Å². The molecule has 1 amide bonds. The maximum Gasteiger partial charge on any atom is 0.235 e. The van der Waals surface area contributed by atoms with E-state index in [1.807, 2.05) is 30.3 Å². The van der Waals surface area contributed by atoms with Crippen LogP contribution in [0, 0.1) is 0 Å². The molecule has 0 spiro atoms. The Morgan fingerprint density at radius 2 is 1.96 bits per heavy atom. The van der Waals surface area contributed by atoms with Crippen molar-refractivity contribution in [1.29, 1.82) is 0 Å². The summed E-state index contributed by atoms with van der Waals surface area (Å²) in [6.07, 6.45) is 0. The molecule has 0 radical (unpaired) electrons. The predicted molar refractivity (Wildman–Crippen MR) is 101 cm³/mol. The largest absolute Gasteiger partial charge is 0.481 e. The topological polar surface area (TPSA) is 108 Å². The molecule has 0 saturated heterocycles. The highest BCUT2D eigenvalue weighted by atomic mass is 16.5. The fourth-order valence-corrected chi connectivity index (χ4v) is 3.22. The summed E-state index contributed by atoms with van der Waals surface area (Å²) in [5, 5.41) is 7.34. The van der Waals surface area contributed by atoms with Gasteiger partial charge in [-0.3, -0.25) is 4.79 Å². The summed E-state index contributed by atoms with van der Waals surface area (Å²) in [4.78, 5) is 21.0. The molecule has 4 rings (SSSR count). The van der Waals surface area contributed by atoms with Gasteiger partial charge in [0.15, 0.2) is 5.82 Å². The molecule has 3 aromatic rings. The number of benzene rings is 1. The molecule has 0 aliphatic carbocycles. The van der Waals surface area contributed by atoms with Crippen molar-refractivity contribution in [3.05, 3.63) is 47.5 Å². The lowest BCUT2D eigenvalue weighted by Gasteiger charge is -2.15. The van der Waals surface area contributed by atoms with E-state index in [1.54, 1.807) is 31.7 Å². The number of nitrogens with one attached hydrogen (secondary N) is 1. The number of aromatic nitrogens is 4. The van der Waals surface area contributed by atoms with Crippen LogP contribution in [-0.2, 0) is 16.8 Å². The quantitative estimate of drug-likeness (QED) is 0.735. The predicted octanol–water partition coefficient (Wildman–Crippen LogP) is 2.21. The van der Waals surface area contributed by atoms with Crippen molar-refractivity contribution in [3.8, 4) is 17.4 Å². The third-order valence-corrected chi connectivity index (χ3v) is 4.72. The summed E-state index contributed by atoms with van der Waals surface area (Å²) in [5.74, 6) is 1.48. The van der Waals surface area contributed by atoms with E-state index < -0.39 is 5.41 Å². The van der Waals surface area contributed by atoms with Crippen molar-refractivity contribution in [2.45, 2.75) is 25.8 Å². The van der Waals surface area contributed by atoms with Crippen molar-refractivity contribution in [2.24, 2.45) is 0 Å². The number of carbonyl (C=O) groups is 1. The summed E-state index contributed by atoms with van der Waals surface area (Å²) in [5.41, 5.74) is 7.61. The highest BCUT2D eigenvalue weighted by Crippen LogP contribution is 2.40. The van der Waals surface area contributed by atoms with E-state index in [4.69, 9.17) is 10.5 Å². The first-order valence-corrected chi connectivity index (χ1v) is 8.55. The Morgan fingerprint density at radius 1 is 1.22 bits per heavy atom. The van der Waals surface area contributed by atoms with Crippen LogP contribution in [0.5, 0.6) is 5.88 Å². The second-order valence-electron chi connectivity index (χ2n) is 6.95. The third-order valence-electron chi connectivity index (χ3n) is 4.72. The third kappa shape index (κ3) is 2.79. The second kappa shape index (κ2) is 6.08. The monoisotopic (exact) mass is 364 g/mol. The fourth-order valence-electron chi connectivity index (χ4n) is 3.22. The number of methoxy groups -OCH3 is 1. The second-order valence-corrected chi connectivity index (χ2v) is 6.95. The number of hydrogen-bond donors (Lipinski definition) is 2. The van der Waals surface area contributed by atoms with Gasteiger partial charge in [-0.15, -0.1) is 0 Å². The van der Waals surface area contributed by atoms with Crippen molar-refractivity contribution < 1.29 is 9.53 Å². The number of nitrogen functional groups attached to an aromatic ring is 1. The molecule has 2 aromatic heterocycles. The lowest BCUT2D eigenvalue weighted by atomic mass is 9.87. The van der Waals surface area contributed by atoms with Gasteiger partial charge in [0.1, 0.15) is 17.3 Å². The van der Waals surface area contributed by atoms with Crippen LogP contribution in [0.25, 0.3) is 11.5 Å². The number of hydrogen-bond acceptors (Lipinski definition) is 6. The first-order valence-electron chi connectivity index (χ1n) is 8.55. The number of nitrogens with two attached hydrogens (primary N) is 1. The van der Waals surface area contributed by atoms with E-state index >= 15 is 0 Å². The molecule has 8 heteroatoms. The van der Waals surface area contributed by atoms with Crippen molar-refractivity contribution >= 4 is 17.5 Å². The smallest absolute Gasteiger partial charge is 0.235 e. The van der Waals surface area contributed by atoms with E-state index in [0.29, 0.717) is 35.3 Å². The number of nitrogens with zero attached hydrogens (tertiary/aromatic N) is 4. The normalized spacial score (nSPS) is 14.7. The molecule has 0 atom stereocenters. The Labute approximate surface area is 156 Å². The van der Waals surface area contributed by atoms with Crippen molar-refractivity contribution in [1.82, 2.24) is 19.7 Å². The Bertz CT molecular complexity index is 1030. The fraction of sp³-hybridized carbons (Fsp3) is 0.263. The van der Waals surface area contributed by atoms with Crippen LogP contribution >= 0.6 is 0 Å². The van der Waals surface area contributed by atoms with Crippen molar-refractivity contribution in [3.63, 3.8) is 0 Å². The van der Waals surface area contributed by atoms with E-state index in [9.17, 15) is 4.79 Å². The van der Waals surface area contributed by atoms with E-state index in [1.165, 1.54) is 0 Å². The molecular formula is C19H20N6O2. The average Bonchev–Trinajstić information content (AvgIpc) is 3.14. The number of carbonyl (C=O) groups excluding carboxylic acids is 1. The number of anilines is 2. The van der Waals surface area contributed by atoms with Gasteiger partial charge >= 0.3 is 0 Å². The summed E-state index contributed by atoms with van der Waals surface area (Å²) >= 11 is 0. The Kier molecular flexibility index (Phi) is 3.83. The molecule has 3 heterocycles. The maximum absolute atomic E-state index is 12.2. The number of ether oxygens (including phenoxy) is 1. The lowest BCUT2D eigenvalue weighted by Crippen LogP contribution is -2.27. The van der Waals surface area contributed by atoms with E-state index in [-0.39, 0.29) is 11.7 Å². The van der Waals surface area contributed by atoms with E-state index in [0.717, 1.165) is 5.56 Å². The highest BCUT2D eigenvalue weighted by molar-refractivity contribution is 6.06. The maximum atomic E-state index is 12.2. The van der Waals surface area contributed by atoms with Gasteiger partial charge in [-0.2, -0.15) is 5.10 Å². The van der Waals surface area contributed by atoms with Crippen LogP contribution < -0.4 is 15.8 Å². The minimum atomic E-state index is -0.762. The molecule has 3 N–H and O–H groups in total. The molecule has 0 bridgehead atoms. The molecule has 8 nitrogen and oxygen atoms in total. The van der Waals surface area contributed by atoms with Crippen molar-refractivity contribution in [2.75, 3.05) is 18.2 Å². The number of fused-ring (bicyclic) bond motifs is 1. The van der Waals surface area contributed by atoms with Gasteiger partial charge in [0.2, 0.25) is 11.8 Å². The van der Waals surface area contributed by atoms with Crippen LogP contribution in [0.2, 0.25) is 0 Å². The molecule has 1 aliphatic heterocycles. The SMILES string of the molecule is COc1cc(-c2nc(N)c3c(n2)NC(=O)C3(C)C)nn1Cc1ccccc1. The first-order chi connectivity index (χ1) is 12.9. The van der Waals surface area contributed by atoms with Gasteiger partial charge in [-0.05, 0) is 19.4 Å². The lowest BCUT2D eigenvalue weighted by molar-refractivity contribution is -0.119. The van der Waals surface area contributed by atoms with Gasteiger partial charge < -0.3 is 15.8 Å². The Hall–Kier alpha value is -3.42. The van der Waals surface area contributed by atoms with Crippen LogP contribution in [0.15, 0.2) is 36.4 Å². The molecular weight excluding hydrogens is 344 g/mol. The molecule has 1 aliphatic rings. The average molecular weight is 364 g/mol. The Morgan fingerprint density at radius 3 is 2.67 bits per heavy atom. The molecule has 138 valence electrons. The van der Waals surface area contributed by atoms with Gasteiger partial charge in [-0.25, -0.2) is 14.6 Å². The zero-order chi connectivity index (χ0) is 19.2. The minimum Gasteiger partial charge on any atom is -0.481 e. The summed E-state index contributed by atoms with van der Waals surface area (Å²) in [7, 11) is 1.59. The standard InChI is InChI=1S/C19H20N6O2/c1-19(2)14-15(20)21-16(22-17(14)23-18(19)26)12-9-13(27-3)25(24-12)10-11-7-5-4-6-8-11/h4-9H,10H2,1-3H3,(H3,20,21,22,23,26). The summed E-state index contributed by atoms with van der Waals surface area (Å²) in [6, 6.07) is 11.7. The molecule has 1 aromatic carbocycles. The summed E-state index contributed by atoms with van der Waals surface area (Å²) in [6.45, 7) is 4.14. The molecule has 27 heavy (non-hydrogen) atoms. The van der Waals surface area contributed by atoms with Crippen LogP contribution in [-0.4, -0.2) is 32.8 Å². The number of rotatable bonds is 4. The zero-order valence-corrected chi connectivity index (χ0v) is 15.4. The Balaban J connectivity index is 1.74. The van der Waals surface area contributed by atoms with Gasteiger partial charge in [0.25, 0.3) is 0 Å². The first kappa shape index (κ1) is 17.0. The zero-order valence-electron chi connectivity index (χ0n) is 15.4. The van der Waals surface area contributed by atoms with Gasteiger partial charge in [0, 0.05) is 6.07 Å². The number of amides is 1. The van der Waals surface area contributed by atoms with Gasteiger partial charge in [-0.1, -0.05) is 30.3 Å². The minimum absolute atomic E-state index is 0.150. The van der Waals surface area contributed by atoms with Crippen LogP contribution in [0.4, 0.5) is 11.6 Å². The molecule has 0 unspecified atom stereocenters.